The van der Waals surface area contributed by atoms with Crippen LogP contribution in [0.15, 0.2) is 72.8 Å². The number of para-hydroxylation sites is 2. The van der Waals surface area contributed by atoms with Crippen LogP contribution in [0.25, 0.3) is 21.8 Å². The topological polar surface area (TPSA) is 7.76 Å². The summed E-state index contributed by atoms with van der Waals surface area (Å²) in [5.41, 5.74) is 5.33. The molecule has 2 nitrogen and oxygen atoms in total. The Morgan fingerprint density at radius 2 is 0.962 bits per heavy atom. The predicted molar refractivity (Wildman–Crippen MR) is 107 cm³/mol. The van der Waals surface area contributed by atoms with Gasteiger partial charge < -0.3 is 0 Å². The zero-order chi connectivity index (χ0) is 17.9. The fraction of sp³-hybridized carbons (Fsp3) is 0.250. The van der Waals surface area contributed by atoms with Crippen molar-refractivity contribution in [3.05, 3.63) is 84.2 Å². The molecule has 4 aromatic rings. The average molecular weight is 342 g/mol. The van der Waals surface area contributed by atoms with E-state index in [-0.39, 0.29) is 0 Å². The zero-order valence-corrected chi connectivity index (χ0v) is 15.7. The van der Waals surface area contributed by atoms with E-state index in [0.29, 0.717) is 0 Å². The monoisotopic (exact) mass is 342 g/mol. The second-order valence-electron chi connectivity index (χ2n) is 7.08. The van der Waals surface area contributed by atoms with Gasteiger partial charge in [0.25, 0.3) is 0 Å². The van der Waals surface area contributed by atoms with E-state index in [4.69, 9.17) is 0 Å². The average Bonchev–Trinajstić information content (AvgIpc) is 2.68. The molecule has 2 aromatic heterocycles. The number of fused-ring (bicyclic) bond motifs is 2. The van der Waals surface area contributed by atoms with Crippen LogP contribution in [0.5, 0.6) is 0 Å². The highest BCUT2D eigenvalue weighted by molar-refractivity contribution is 5.75. The van der Waals surface area contributed by atoms with Gasteiger partial charge in [0, 0.05) is 61.7 Å². The number of aryl methyl sites for hydroxylation is 4. The first-order chi connectivity index (χ1) is 12.7. The van der Waals surface area contributed by atoms with Crippen LogP contribution in [0.4, 0.5) is 0 Å². The third-order valence-electron chi connectivity index (χ3n) is 5.33. The van der Waals surface area contributed by atoms with Crippen LogP contribution in [-0.4, -0.2) is 0 Å². The number of benzene rings is 2. The second kappa shape index (κ2) is 7.25. The molecule has 0 atom stereocenters. The third-order valence-corrected chi connectivity index (χ3v) is 5.33. The third kappa shape index (κ3) is 3.20. The standard InChI is InChI=1S/C24H26N2/c1-19-13-15-21-9-3-5-11-23(21)25(19)17-7-8-18-26-20(2)14-16-22-10-4-6-12-24(22)26/h3-6,9-16H,7-8,17-18H2,1-2H3/q+2. The molecule has 0 bridgehead atoms. The van der Waals surface area contributed by atoms with E-state index < -0.39 is 0 Å². The number of aromatic nitrogens is 2. The van der Waals surface area contributed by atoms with E-state index in [0.717, 1.165) is 13.1 Å². The van der Waals surface area contributed by atoms with Crippen LogP contribution in [-0.2, 0) is 13.1 Å². The first-order valence-corrected chi connectivity index (χ1v) is 9.50. The summed E-state index contributed by atoms with van der Waals surface area (Å²) >= 11 is 0. The smallest absolute Gasteiger partial charge is 0.196 e. The van der Waals surface area contributed by atoms with Gasteiger partial charge in [0.15, 0.2) is 11.4 Å². The summed E-state index contributed by atoms with van der Waals surface area (Å²) < 4.78 is 4.91. The highest BCUT2D eigenvalue weighted by Gasteiger charge is 2.14. The van der Waals surface area contributed by atoms with Crippen molar-refractivity contribution in [2.24, 2.45) is 0 Å². The van der Waals surface area contributed by atoms with Gasteiger partial charge in [-0.1, -0.05) is 24.3 Å². The molecule has 0 fully saturated rings. The summed E-state index contributed by atoms with van der Waals surface area (Å²) in [6, 6.07) is 26.2. The van der Waals surface area contributed by atoms with Crippen molar-refractivity contribution in [1.29, 1.82) is 0 Å². The van der Waals surface area contributed by atoms with E-state index >= 15 is 0 Å². The van der Waals surface area contributed by atoms with E-state index in [1.165, 1.54) is 46.0 Å². The molecule has 26 heavy (non-hydrogen) atoms. The molecular weight excluding hydrogens is 316 g/mol. The number of pyridine rings is 2. The molecule has 0 radical (unpaired) electrons. The first kappa shape index (κ1) is 16.7. The van der Waals surface area contributed by atoms with E-state index in [9.17, 15) is 0 Å². The molecule has 0 N–H and O–H groups in total. The molecule has 4 rings (SSSR count). The van der Waals surface area contributed by atoms with Gasteiger partial charge in [0.2, 0.25) is 11.0 Å². The SMILES string of the molecule is Cc1ccc2ccccc2[n+]1CCCC[n+]1c(C)ccc2ccccc21. The van der Waals surface area contributed by atoms with Gasteiger partial charge >= 0.3 is 0 Å². The van der Waals surface area contributed by atoms with Gasteiger partial charge in [-0.2, -0.15) is 9.13 Å². The van der Waals surface area contributed by atoms with Crippen molar-refractivity contribution < 1.29 is 9.13 Å². The van der Waals surface area contributed by atoms with E-state index in [1.54, 1.807) is 0 Å². The summed E-state index contributed by atoms with van der Waals surface area (Å²) in [4.78, 5) is 0. The van der Waals surface area contributed by atoms with Gasteiger partial charge in [0.1, 0.15) is 13.1 Å². The Morgan fingerprint density at radius 3 is 1.42 bits per heavy atom. The lowest BCUT2D eigenvalue weighted by molar-refractivity contribution is -0.689. The normalized spacial score (nSPS) is 11.3. The number of unbranched alkanes of at least 4 members (excludes halogenated alkanes) is 1. The van der Waals surface area contributed by atoms with Crippen LogP contribution >= 0.6 is 0 Å². The Bertz CT molecular complexity index is 979. The van der Waals surface area contributed by atoms with E-state index in [1.807, 2.05) is 0 Å². The maximum Gasteiger partial charge on any atom is 0.212 e. The molecule has 2 heterocycles. The van der Waals surface area contributed by atoms with Crippen molar-refractivity contribution in [2.45, 2.75) is 39.8 Å². The molecule has 0 aliphatic rings. The predicted octanol–water partition coefficient (Wildman–Crippen LogP) is 4.67. The molecule has 0 saturated heterocycles. The molecular formula is C24H26N2+2. The van der Waals surface area contributed by atoms with Crippen molar-refractivity contribution in [3.8, 4) is 0 Å². The highest BCUT2D eigenvalue weighted by Crippen LogP contribution is 2.12. The minimum Gasteiger partial charge on any atom is -0.196 e. The molecule has 0 aliphatic heterocycles. The van der Waals surface area contributed by atoms with Crippen molar-refractivity contribution in [3.63, 3.8) is 0 Å². The largest absolute Gasteiger partial charge is 0.212 e. The molecule has 0 spiro atoms. The molecule has 0 unspecified atom stereocenters. The van der Waals surface area contributed by atoms with Crippen LogP contribution < -0.4 is 9.13 Å². The lowest BCUT2D eigenvalue weighted by Crippen LogP contribution is -2.40. The molecule has 0 amide bonds. The maximum absolute atomic E-state index is 2.45. The number of nitrogens with zero attached hydrogens (tertiary/aromatic N) is 2. The van der Waals surface area contributed by atoms with Crippen molar-refractivity contribution >= 4 is 21.8 Å². The van der Waals surface area contributed by atoms with Gasteiger partial charge in [-0.3, -0.25) is 0 Å². The van der Waals surface area contributed by atoms with Gasteiger partial charge in [0.05, 0.1) is 0 Å². The molecule has 130 valence electrons. The minimum absolute atomic E-state index is 1.07. The molecule has 2 aromatic carbocycles. The molecule has 2 heteroatoms. The Labute approximate surface area is 155 Å². The van der Waals surface area contributed by atoms with Crippen LogP contribution in [0.1, 0.15) is 24.2 Å². The summed E-state index contributed by atoms with van der Waals surface area (Å²) in [6.07, 6.45) is 2.35. The van der Waals surface area contributed by atoms with Crippen LogP contribution in [0, 0.1) is 13.8 Å². The van der Waals surface area contributed by atoms with Gasteiger partial charge in [-0.15, -0.1) is 0 Å². The van der Waals surface area contributed by atoms with Gasteiger partial charge in [-0.25, -0.2) is 0 Å². The van der Waals surface area contributed by atoms with Crippen LogP contribution in [0.3, 0.4) is 0 Å². The Morgan fingerprint density at radius 1 is 0.538 bits per heavy atom. The summed E-state index contributed by atoms with van der Waals surface area (Å²) in [5.74, 6) is 0. The molecule has 0 saturated carbocycles. The Balaban J connectivity index is 1.50. The minimum atomic E-state index is 1.07. The second-order valence-corrected chi connectivity index (χ2v) is 7.08. The summed E-state index contributed by atoms with van der Waals surface area (Å²) in [5, 5.41) is 2.63. The Hall–Kier alpha value is -2.74. The summed E-state index contributed by atoms with van der Waals surface area (Å²) in [6.45, 7) is 6.54. The number of hydrogen-bond acceptors (Lipinski definition) is 0. The zero-order valence-electron chi connectivity index (χ0n) is 15.7. The first-order valence-electron chi connectivity index (χ1n) is 9.50. The number of rotatable bonds is 5. The Kier molecular flexibility index (Phi) is 4.66. The fourth-order valence-corrected chi connectivity index (χ4v) is 3.86. The van der Waals surface area contributed by atoms with E-state index in [2.05, 4.69) is 95.8 Å². The lowest BCUT2D eigenvalue weighted by Gasteiger charge is -2.06. The maximum atomic E-state index is 2.45. The number of hydrogen-bond donors (Lipinski definition) is 0. The van der Waals surface area contributed by atoms with Crippen molar-refractivity contribution in [2.75, 3.05) is 0 Å². The van der Waals surface area contributed by atoms with Gasteiger partial charge in [-0.05, 0) is 24.3 Å². The van der Waals surface area contributed by atoms with Crippen molar-refractivity contribution in [1.82, 2.24) is 0 Å². The molecule has 0 aliphatic carbocycles. The fourth-order valence-electron chi connectivity index (χ4n) is 3.86. The quantitative estimate of drug-likeness (QED) is 0.368. The summed E-state index contributed by atoms with van der Waals surface area (Å²) in [7, 11) is 0. The lowest BCUT2D eigenvalue weighted by atomic mass is 10.1. The highest BCUT2D eigenvalue weighted by atomic mass is 15.0. The van der Waals surface area contributed by atoms with Crippen LogP contribution in [0.2, 0.25) is 0 Å².